The van der Waals surface area contributed by atoms with E-state index in [0.717, 1.165) is 15.6 Å². The zero-order valence-electron chi connectivity index (χ0n) is 10.8. The van der Waals surface area contributed by atoms with Crippen LogP contribution in [0.1, 0.15) is 11.1 Å². The maximum absolute atomic E-state index is 13.2. The average Bonchev–Trinajstić information content (AvgIpc) is 2.42. The number of halogens is 3. The van der Waals surface area contributed by atoms with Crippen molar-refractivity contribution in [2.45, 2.75) is 12.8 Å². The van der Waals surface area contributed by atoms with Gasteiger partial charge in [0.15, 0.2) is 0 Å². The maximum atomic E-state index is 13.2. The molecule has 2 aromatic carbocycles. The predicted octanol–water partition coefficient (Wildman–Crippen LogP) is 4.12. The van der Waals surface area contributed by atoms with Crippen molar-refractivity contribution < 1.29 is 13.9 Å². The summed E-state index contributed by atoms with van der Waals surface area (Å²) >= 11 is 3.38. The van der Waals surface area contributed by atoms with E-state index in [1.807, 2.05) is 6.07 Å². The van der Waals surface area contributed by atoms with Crippen LogP contribution >= 0.6 is 15.9 Å². The van der Waals surface area contributed by atoms with Crippen molar-refractivity contribution in [3.63, 3.8) is 0 Å². The molecule has 0 bridgehead atoms. The minimum absolute atomic E-state index is 0.0283. The number of hydrogen-bond donors (Lipinski definition) is 1. The second-order valence-electron chi connectivity index (χ2n) is 4.82. The van der Waals surface area contributed by atoms with Crippen molar-refractivity contribution in [1.29, 1.82) is 0 Å². The minimum Gasteiger partial charge on any atom is -0.396 e. The molecule has 0 saturated heterocycles. The molecule has 0 aliphatic heterocycles. The summed E-state index contributed by atoms with van der Waals surface area (Å²) < 4.78 is 27.2. The van der Waals surface area contributed by atoms with Gasteiger partial charge in [-0.25, -0.2) is 8.78 Å². The Bertz CT molecular complexity index is 586. The van der Waals surface area contributed by atoms with Gasteiger partial charge in [-0.2, -0.15) is 0 Å². The van der Waals surface area contributed by atoms with Crippen LogP contribution in [0.3, 0.4) is 0 Å². The topological polar surface area (TPSA) is 20.2 Å². The first kappa shape index (κ1) is 15.1. The van der Waals surface area contributed by atoms with Crippen molar-refractivity contribution in [3.05, 3.63) is 69.7 Å². The van der Waals surface area contributed by atoms with Crippen LogP contribution < -0.4 is 0 Å². The first-order valence-corrected chi connectivity index (χ1v) is 7.17. The highest BCUT2D eigenvalue weighted by Crippen LogP contribution is 2.23. The van der Waals surface area contributed by atoms with Crippen LogP contribution in [0.25, 0.3) is 0 Å². The SMILES string of the molecule is OCC(Cc1cccc(F)c1)Cc1cc(F)ccc1Br. The quantitative estimate of drug-likeness (QED) is 0.867. The van der Waals surface area contributed by atoms with Crippen LogP contribution in [-0.4, -0.2) is 11.7 Å². The first-order chi connectivity index (χ1) is 9.58. The number of benzene rings is 2. The molecule has 0 spiro atoms. The Hall–Kier alpha value is -1.26. The fourth-order valence-electron chi connectivity index (χ4n) is 2.21. The Morgan fingerprint density at radius 1 is 1.00 bits per heavy atom. The van der Waals surface area contributed by atoms with Gasteiger partial charge in [-0.05, 0) is 60.2 Å². The number of rotatable bonds is 5. The maximum Gasteiger partial charge on any atom is 0.123 e. The molecule has 0 aliphatic carbocycles. The van der Waals surface area contributed by atoms with Crippen molar-refractivity contribution >= 4 is 15.9 Å². The van der Waals surface area contributed by atoms with Crippen LogP contribution in [0, 0.1) is 17.6 Å². The molecule has 0 radical (unpaired) electrons. The lowest BCUT2D eigenvalue weighted by molar-refractivity contribution is 0.224. The molecule has 1 unspecified atom stereocenters. The summed E-state index contributed by atoms with van der Waals surface area (Å²) in [6, 6.07) is 10.8. The van der Waals surface area contributed by atoms with Crippen molar-refractivity contribution in [3.8, 4) is 0 Å². The lowest BCUT2D eigenvalue weighted by Crippen LogP contribution is -2.13. The Balaban J connectivity index is 2.11. The molecule has 2 aromatic rings. The average molecular weight is 341 g/mol. The number of hydrogen-bond acceptors (Lipinski definition) is 1. The molecule has 4 heteroatoms. The molecule has 0 heterocycles. The van der Waals surface area contributed by atoms with Gasteiger partial charge in [0, 0.05) is 11.1 Å². The molecular formula is C16H15BrF2O. The largest absolute Gasteiger partial charge is 0.396 e. The molecule has 0 aromatic heterocycles. The summed E-state index contributed by atoms with van der Waals surface area (Å²) in [5, 5.41) is 9.48. The fraction of sp³-hybridized carbons (Fsp3) is 0.250. The van der Waals surface area contributed by atoms with Gasteiger partial charge < -0.3 is 5.11 Å². The molecule has 0 fully saturated rings. The zero-order chi connectivity index (χ0) is 14.5. The lowest BCUT2D eigenvalue weighted by atomic mass is 9.93. The van der Waals surface area contributed by atoms with Gasteiger partial charge in [0.25, 0.3) is 0 Å². The van der Waals surface area contributed by atoms with E-state index in [-0.39, 0.29) is 24.2 Å². The van der Waals surface area contributed by atoms with Crippen LogP contribution in [0.4, 0.5) is 8.78 Å². The summed E-state index contributed by atoms with van der Waals surface area (Å²) in [4.78, 5) is 0. The standard InChI is InChI=1S/C16H15BrF2O/c17-16-5-4-15(19)9-13(16)7-12(10-20)6-11-2-1-3-14(18)8-11/h1-5,8-9,12,20H,6-7,10H2. The third kappa shape index (κ3) is 4.12. The van der Waals surface area contributed by atoms with E-state index in [2.05, 4.69) is 15.9 Å². The zero-order valence-corrected chi connectivity index (χ0v) is 12.4. The molecule has 106 valence electrons. The summed E-state index contributed by atoms with van der Waals surface area (Å²) in [7, 11) is 0. The Morgan fingerprint density at radius 3 is 2.45 bits per heavy atom. The van der Waals surface area contributed by atoms with Gasteiger partial charge in [-0.1, -0.05) is 28.1 Å². The van der Waals surface area contributed by atoms with E-state index in [1.165, 1.54) is 24.3 Å². The van der Waals surface area contributed by atoms with Gasteiger partial charge in [-0.3, -0.25) is 0 Å². The monoisotopic (exact) mass is 340 g/mol. The van der Waals surface area contributed by atoms with E-state index >= 15 is 0 Å². The fourth-order valence-corrected chi connectivity index (χ4v) is 2.62. The van der Waals surface area contributed by atoms with Crippen molar-refractivity contribution in [2.24, 2.45) is 5.92 Å². The molecule has 1 atom stereocenters. The summed E-state index contributed by atoms with van der Waals surface area (Å²) in [5.74, 6) is -0.660. The van der Waals surface area contributed by atoms with Gasteiger partial charge in [0.1, 0.15) is 11.6 Å². The minimum atomic E-state index is -0.300. The van der Waals surface area contributed by atoms with Crippen molar-refractivity contribution in [2.75, 3.05) is 6.61 Å². The smallest absolute Gasteiger partial charge is 0.123 e. The van der Waals surface area contributed by atoms with Gasteiger partial charge in [-0.15, -0.1) is 0 Å². The number of aliphatic hydroxyl groups is 1. The van der Waals surface area contributed by atoms with Crippen LogP contribution in [0.5, 0.6) is 0 Å². The van der Waals surface area contributed by atoms with E-state index in [4.69, 9.17) is 0 Å². The predicted molar refractivity (Wildman–Crippen MR) is 78.5 cm³/mol. The van der Waals surface area contributed by atoms with Gasteiger partial charge in [0.2, 0.25) is 0 Å². The molecule has 0 aliphatic rings. The highest BCUT2D eigenvalue weighted by atomic mass is 79.9. The molecular weight excluding hydrogens is 326 g/mol. The molecule has 1 N–H and O–H groups in total. The normalized spacial score (nSPS) is 12.4. The Kier molecular flexibility index (Phi) is 5.26. The molecule has 1 nitrogen and oxygen atoms in total. The van der Waals surface area contributed by atoms with E-state index < -0.39 is 0 Å². The summed E-state index contributed by atoms with van der Waals surface area (Å²) in [5.41, 5.74) is 1.64. The summed E-state index contributed by atoms with van der Waals surface area (Å²) in [6.07, 6.45) is 1.09. The highest BCUT2D eigenvalue weighted by molar-refractivity contribution is 9.10. The summed E-state index contributed by atoms with van der Waals surface area (Å²) in [6.45, 7) is -0.0283. The second-order valence-corrected chi connectivity index (χ2v) is 5.68. The third-order valence-electron chi connectivity index (χ3n) is 3.19. The highest BCUT2D eigenvalue weighted by Gasteiger charge is 2.13. The molecule has 0 amide bonds. The Labute approximate surface area is 125 Å². The van der Waals surface area contributed by atoms with Crippen LogP contribution in [0.2, 0.25) is 0 Å². The lowest BCUT2D eigenvalue weighted by Gasteiger charge is -2.15. The van der Waals surface area contributed by atoms with Crippen molar-refractivity contribution in [1.82, 2.24) is 0 Å². The van der Waals surface area contributed by atoms with E-state index in [0.29, 0.717) is 12.8 Å². The van der Waals surface area contributed by atoms with E-state index in [9.17, 15) is 13.9 Å². The van der Waals surface area contributed by atoms with Gasteiger partial charge in [0.05, 0.1) is 0 Å². The van der Waals surface area contributed by atoms with Gasteiger partial charge >= 0.3 is 0 Å². The van der Waals surface area contributed by atoms with Crippen LogP contribution in [0.15, 0.2) is 46.9 Å². The first-order valence-electron chi connectivity index (χ1n) is 6.37. The third-order valence-corrected chi connectivity index (χ3v) is 3.96. The van der Waals surface area contributed by atoms with E-state index in [1.54, 1.807) is 12.1 Å². The molecule has 0 saturated carbocycles. The molecule has 20 heavy (non-hydrogen) atoms. The number of aliphatic hydroxyl groups excluding tert-OH is 1. The second kappa shape index (κ2) is 6.95. The van der Waals surface area contributed by atoms with Crippen LogP contribution in [-0.2, 0) is 12.8 Å². The Morgan fingerprint density at radius 2 is 1.75 bits per heavy atom. The molecule has 2 rings (SSSR count).